The molecule has 32 heavy (non-hydrogen) atoms. The van der Waals surface area contributed by atoms with Gasteiger partial charge in [-0.15, -0.1) is 5.10 Å². The van der Waals surface area contributed by atoms with E-state index in [1.807, 2.05) is 42.8 Å². The SMILES string of the molecule is Cc1nn(Cc2ccccc2Cl)c(C)c1/C=C/C(=O)OCn1nnc2ccccc2c1=O. The van der Waals surface area contributed by atoms with Gasteiger partial charge in [0.1, 0.15) is 5.52 Å². The normalized spacial score (nSPS) is 11.3. The Labute approximate surface area is 188 Å². The number of fused-ring (bicyclic) bond motifs is 1. The lowest BCUT2D eigenvalue weighted by atomic mass is 10.1. The van der Waals surface area contributed by atoms with Crippen LogP contribution in [-0.2, 0) is 22.8 Å². The molecule has 0 N–H and O–H groups in total. The summed E-state index contributed by atoms with van der Waals surface area (Å²) in [5.74, 6) is -0.607. The second-order valence-electron chi connectivity index (χ2n) is 7.17. The zero-order valence-corrected chi connectivity index (χ0v) is 18.3. The number of aromatic nitrogens is 5. The molecule has 0 fully saturated rings. The molecule has 0 amide bonds. The van der Waals surface area contributed by atoms with Crippen molar-refractivity contribution in [2.24, 2.45) is 0 Å². The summed E-state index contributed by atoms with van der Waals surface area (Å²) in [5, 5.41) is 13.4. The highest BCUT2D eigenvalue weighted by Crippen LogP contribution is 2.20. The monoisotopic (exact) mass is 449 g/mol. The van der Waals surface area contributed by atoms with Gasteiger partial charge in [-0.25, -0.2) is 4.79 Å². The molecule has 0 saturated carbocycles. The fourth-order valence-electron chi connectivity index (χ4n) is 3.33. The third-order valence-corrected chi connectivity index (χ3v) is 5.43. The van der Waals surface area contributed by atoms with Gasteiger partial charge in [0.05, 0.1) is 17.6 Å². The first kappa shape index (κ1) is 21.5. The highest BCUT2D eigenvalue weighted by molar-refractivity contribution is 6.31. The van der Waals surface area contributed by atoms with Gasteiger partial charge in [0.15, 0.2) is 6.73 Å². The molecular formula is C23H20ClN5O3. The van der Waals surface area contributed by atoms with Crippen molar-refractivity contribution < 1.29 is 9.53 Å². The summed E-state index contributed by atoms with van der Waals surface area (Å²) >= 11 is 6.25. The van der Waals surface area contributed by atoms with Crippen molar-refractivity contribution in [2.75, 3.05) is 0 Å². The number of nitrogens with zero attached hydrogens (tertiary/aromatic N) is 5. The number of ether oxygens (including phenoxy) is 1. The predicted octanol–water partition coefficient (Wildman–Crippen LogP) is 3.52. The second-order valence-corrected chi connectivity index (χ2v) is 7.58. The van der Waals surface area contributed by atoms with Crippen molar-refractivity contribution >= 4 is 34.5 Å². The summed E-state index contributed by atoms with van der Waals surface area (Å²) in [4.78, 5) is 24.6. The first-order valence-corrected chi connectivity index (χ1v) is 10.3. The average molecular weight is 450 g/mol. The van der Waals surface area contributed by atoms with Crippen LogP contribution in [0.15, 0.2) is 59.4 Å². The molecule has 4 aromatic rings. The zero-order chi connectivity index (χ0) is 22.7. The summed E-state index contributed by atoms with van der Waals surface area (Å²) in [7, 11) is 0. The average Bonchev–Trinajstić information content (AvgIpc) is 3.06. The molecule has 0 radical (unpaired) electrons. The minimum absolute atomic E-state index is 0.330. The van der Waals surface area contributed by atoms with Gasteiger partial charge in [-0.2, -0.15) is 9.78 Å². The van der Waals surface area contributed by atoms with Gasteiger partial charge in [-0.3, -0.25) is 9.48 Å². The van der Waals surface area contributed by atoms with Crippen molar-refractivity contribution in [2.45, 2.75) is 27.1 Å². The van der Waals surface area contributed by atoms with Crippen molar-refractivity contribution in [3.8, 4) is 0 Å². The van der Waals surface area contributed by atoms with E-state index in [1.54, 1.807) is 30.3 Å². The fraction of sp³-hybridized carbons (Fsp3) is 0.174. The second kappa shape index (κ2) is 9.15. The Kier molecular flexibility index (Phi) is 6.13. The van der Waals surface area contributed by atoms with Gasteiger partial charge < -0.3 is 4.74 Å². The molecule has 2 aromatic heterocycles. The molecule has 0 unspecified atom stereocenters. The Hall–Kier alpha value is -3.78. The standard InChI is InChI=1S/C23H20ClN5O3/c1-15-18(16(2)28(26-15)13-17-7-3-5-9-20(17)24)11-12-22(30)32-14-29-23(31)19-8-4-6-10-21(19)25-27-29/h3-12H,13-14H2,1-2H3/b12-11+. The van der Waals surface area contributed by atoms with Crippen molar-refractivity contribution in [1.82, 2.24) is 24.8 Å². The van der Waals surface area contributed by atoms with E-state index in [9.17, 15) is 9.59 Å². The topological polar surface area (TPSA) is 91.9 Å². The number of aryl methyl sites for hydroxylation is 1. The van der Waals surface area contributed by atoms with Crippen LogP contribution in [0.1, 0.15) is 22.5 Å². The Morgan fingerprint density at radius 1 is 1.09 bits per heavy atom. The number of carbonyl (C=O) groups excluding carboxylic acids is 1. The third-order valence-electron chi connectivity index (χ3n) is 5.06. The van der Waals surface area contributed by atoms with Crippen LogP contribution >= 0.6 is 11.6 Å². The van der Waals surface area contributed by atoms with Crippen LogP contribution in [0.5, 0.6) is 0 Å². The van der Waals surface area contributed by atoms with E-state index >= 15 is 0 Å². The molecule has 0 spiro atoms. The predicted molar refractivity (Wildman–Crippen MR) is 121 cm³/mol. The molecule has 0 bridgehead atoms. The first-order valence-electron chi connectivity index (χ1n) is 9.89. The molecular weight excluding hydrogens is 430 g/mol. The fourth-order valence-corrected chi connectivity index (χ4v) is 3.52. The third kappa shape index (κ3) is 4.45. The van der Waals surface area contributed by atoms with Crippen molar-refractivity contribution in [1.29, 1.82) is 0 Å². The minimum atomic E-state index is -0.607. The summed E-state index contributed by atoms with van der Waals surface area (Å²) in [6.07, 6.45) is 2.95. The van der Waals surface area contributed by atoms with E-state index < -0.39 is 5.97 Å². The molecule has 8 nitrogen and oxygen atoms in total. The molecule has 0 saturated heterocycles. The van der Waals surface area contributed by atoms with Crippen LogP contribution in [-0.4, -0.2) is 30.7 Å². The van der Waals surface area contributed by atoms with Crippen LogP contribution in [0.2, 0.25) is 5.02 Å². The highest BCUT2D eigenvalue weighted by atomic mass is 35.5. The molecule has 0 atom stereocenters. The van der Waals surface area contributed by atoms with Gasteiger partial charge in [0.2, 0.25) is 0 Å². The van der Waals surface area contributed by atoms with E-state index in [4.69, 9.17) is 16.3 Å². The lowest BCUT2D eigenvalue weighted by Gasteiger charge is -2.06. The molecule has 0 aliphatic rings. The van der Waals surface area contributed by atoms with Crippen molar-refractivity contribution in [3.63, 3.8) is 0 Å². The molecule has 2 aromatic carbocycles. The van der Waals surface area contributed by atoms with Gasteiger partial charge in [0.25, 0.3) is 5.56 Å². The number of benzene rings is 2. The van der Waals surface area contributed by atoms with E-state index in [-0.39, 0.29) is 12.3 Å². The Morgan fingerprint density at radius 3 is 2.66 bits per heavy atom. The van der Waals surface area contributed by atoms with Crippen LogP contribution in [0, 0.1) is 13.8 Å². The summed E-state index contributed by atoms with van der Waals surface area (Å²) in [6.45, 7) is 3.98. The summed E-state index contributed by atoms with van der Waals surface area (Å²) in [5.41, 5.74) is 3.55. The molecule has 0 aliphatic carbocycles. The largest absolute Gasteiger partial charge is 0.439 e. The summed E-state index contributed by atoms with van der Waals surface area (Å²) in [6, 6.07) is 14.4. The molecule has 9 heteroatoms. The van der Waals surface area contributed by atoms with Crippen LogP contribution in [0.25, 0.3) is 17.0 Å². The Balaban J connectivity index is 1.45. The maximum atomic E-state index is 12.4. The van der Waals surface area contributed by atoms with Crippen LogP contribution < -0.4 is 5.56 Å². The Morgan fingerprint density at radius 2 is 1.84 bits per heavy atom. The van der Waals surface area contributed by atoms with Crippen LogP contribution in [0.3, 0.4) is 0 Å². The maximum absolute atomic E-state index is 12.4. The number of esters is 1. The molecule has 4 rings (SSSR count). The lowest BCUT2D eigenvalue weighted by Crippen LogP contribution is -2.26. The smallest absolute Gasteiger partial charge is 0.332 e. The van der Waals surface area contributed by atoms with E-state index in [0.29, 0.717) is 22.5 Å². The number of rotatable bonds is 6. The zero-order valence-electron chi connectivity index (χ0n) is 17.5. The van der Waals surface area contributed by atoms with E-state index in [1.165, 1.54) is 6.08 Å². The quantitative estimate of drug-likeness (QED) is 0.330. The van der Waals surface area contributed by atoms with E-state index in [2.05, 4.69) is 15.4 Å². The number of halogens is 1. The van der Waals surface area contributed by atoms with Gasteiger partial charge in [0, 0.05) is 22.4 Å². The van der Waals surface area contributed by atoms with Crippen molar-refractivity contribution in [3.05, 3.63) is 92.5 Å². The lowest BCUT2D eigenvalue weighted by molar-refractivity contribution is -0.141. The Bertz CT molecular complexity index is 1390. The number of hydrogen-bond donors (Lipinski definition) is 0. The number of hydrogen-bond acceptors (Lipinski definition) is 6. The molecule has 162 valence electrons. The van der Waals surface area contributed by atoms with E-state index in [0.717, 1.165) is 27.2 Å². The number of carbonyl (C=O) groups is 1. The molecule has 0 aliphatic heterocycles. The van der Waals surface area contributed by atoms with Gasteiger partial charge in [-0.1, -0.05) is 47.1 Å². The highest BCUT2D eigenvalue weighted by Gasteiger charge is 2.12. The van der Waals surface area contributed by atoms with Gasteiger partial charge in [-0.05, 0) is 43.7 Å². The summed E-state index contributed by atoms with van der Waals surface area (Å²) < 4.78 is 8.01. The minimum Gasteiger partial charge on any atom is -0.439 e. The van der Waals surface area contributed by atoms with Crippen LogP contribution in [0.4, 0.5) is 0 Å². The molecule has 2 heterocycles. The first-order chi connectivity index (χ1) is 15.4. The maximum Gasteiger partial charge on any atom is 0.332 e. The van der Waals surface area contributed by atoms with Gasteiger partial charge >= 0.3 is 5.97 Å².